The normalized spacial score (nSPS) is 27.1. The summed E-state index contributed by atoms with van der Waals surface area (Å²) in [7, 11) is 0. The molecule has 2 N–H and O–H groups in total. The number of carboxylic acid groups (broad SMARTS) is 1. The molecule has 3 unspecified atom stereocenters. The zero-order valence-electron chi connectivity index (χ0n) is 10.1. The minimum atomic E-state index is -0.890. The van der Waals surface area contributed by atoms with Crippen LogP contribution in [0.3, 0.4) is 0 Å². The van der Waals surface area contributed by atoms with Crippen LogP contribution in [-0.2, 0) is 16.1 Å². The number of rotatable bonds is 4. The first kappa shape index (κ1) is 12.6. The van der Waals surface area contributed by atoms with Gasteiger partial charge in [0, 0.05) is 6.07 Å². The predicted molar refractivity (Wildman–Crippen MR) is 61.4 cm³/mol. The van der Waals surface area contributed by atoms with Crippen LogP contribution in [0.1, 0.15) is 25.5 Å². The van der Waals surface area contributed by atoms with Crippen molar-refractivity contribution in [2.24, 2.45) is 17.8 Å². The number of amides is 1. The Labute approximate surface area is 104 Å². The zero-order valence-corrected chi connectivity index (χ0v) is 10.1. The highest BCUT2D eigenvalue weighted by Crippen LogP contribution is 2.36. The fraction of sp³-hybridized carbons (Fsp3) is 0.583. The number of hydrogen-bond donors (Lipinski definition) is 2. The summed E-state index contributed by atoms with van der Waals surface area (Å²) in [4.78, 5) is 23.1. The van der Waals surface area contributed by atoms with Crippen molar-refractivity contribution in [1.29, 1.82) is 0 Å². The van der Waals surface area contributed by atoms with Gasteiger partial charge in [0.05, 0.1) is 24.6 Å². The fourth-order valence-electron chi connectivity index (χ4n) is 2.49. The van der Waals surface area contributed by atoms with Gasteiger partial charge in [-0.25, -0.2) is 0 Å². The SMILES string of the molecule is CC1CC(C(=O)O)C(C(=O)NCc2ccno2)C1. The number of aromatic nitrogens is 1. The van der Waals surface area contributed by atoms with E-state index in [1.807, 2.05) is 6.92 Å². The average molecular weight is 252 g/mol. The van der Waals surface area contributed by atoms with Gasteiger partial charge in [-0.05, 0) is 18.8 Å². The van der Waals surface area contributed by atoms with E-state index in [0.29, 0.717) is 18.6 Å². The molecule has 1 aliphatic rings. The number of carbonyl (C=O) groups excluding carboxylic acids is 1. The Morgan fingerprint density at radius 3 is 2.83 bits per heavy atom. The molecule has 1 saturated carbocycles. The maximum absolute atomic E-state index is 12.0. The Kier molecular flexibility index (Phi) is 3.64. The van der Waals surface area contributed by atoms with Gasteiger partial charge >= 0.3 is 5.97 Å². The summed E-state index contributed by atoms with van der Waals surface area (Å²) >= 11 is 0. The molecule has 1 aromatic heterocycles. The highest BCUT2D eigenvalue weighted by atomic mass is 16.5. The molecule has 6 heteroatoms. The quantitative estimate of drug-likeness (QED) is 0.835. The highest BCUT2D eigenvalue weighted by Gasteiger charge is 2.41. The molecule has 1 aliphatic carbocycles. The first-order valence-corrected chi connectivity index (χ1v) is 5.98. The molecule has 1 heterocycles. The van der Waals surface area contributed by atoms with E-state index in [1.165, 1.54) is 6.20 Å². The predicted octanol–water partition coefficient (Wildman–Crippen LogP) is 1.04. The molecule has 0 bridgehead atoms. The second-order valence-electron chi connectivity index (χ2n) is 4.82. The van der Waals surface area contributed by atoms with E-state index in [4.69, 9.17) is 9.63 Å². The summed E-state index contributed by atoms with van der Waals surface area (Å²) in [6.45, 7) is 2.22. The average Bonchev–Trinajstić information content (AvgIpc) is 2.94. The van der Waals surface area contributed by atoms with E-state index in [1.54, 1.807) is 6.07 Å². The van der Waals surface area contributed by atoms with Crippen LogP contribution in [0.5, 0.6) is 0 Å². The maximum atomic E-state index is 12.0. The van der Waals surface area contributed by atoms with Crippen molar-refractivity contribution in [2.45, 2.75) is 26.3 Å². The lowest BCUT2D eigenvalue weighted by molar-refractivity contribution is -0.146. The van der Waals surface area contributed by atoms with Crippen LogP contribution >= 0.6 is 0 Å². The van der Waals surface area contributed by atoms with Crippen molar-refractivity contribution in [2.75, 3.05) is 0 Å². The molecule has 0 aliphatic heterocycles. The third kappa shape index (κ3) is 2.69. The molecule has 1 aromatic rings. The molecular weight excluding hydrogens is 236 g/mol. The van der Waals surface area contributed by atoms with Crippen molar-refractivity contribution in [3.63, 3.8) is 0 Å². The van der Waals surface area contributed by atoms with E-state index in [0.717, 1.165) is 0 Å². The van der Waals surface area contributed by atoms with Gasteiger partial charge in [-0.1, -0.05) is 12.1 Å². The largest absolute Gasteiger partial charge is 0.481 e. The number of hydrogen-bond acceptors (Lipinski definition) is 4. The van der Waals surface area contributed by atoms with Crippen LogP contribution in [0.25, 0.3) is 0 Å². The van der Waals surface area contributed by atoms with Crippen LogP contribution < -0.4 is 5.32 Å². The Balaban J connectivity index is 1.93. The third-order valence-electron chi connectivity index (χ3n) is 3.38. The Bertz CT molecular complexity index is 429. The van der Waals surface area contributed by atoms with Crippen LogP contribution in [0.4, 0.5) is 0 Å². The van der Waals surface area contributed by atoms with Crippen LogP contribution in [0.15, 0.2) is 16.8 Å². The zero-order chi connectivity index (χ0) is 13.1. The molecule has 0 saturated heterocycles. The summed E-state index contributed by atoms with van der Waals surface area (Å²) in [5, 5.41) is 15.3. The lowest BCUT2D eigenvalue weighted by atomic mass is 9.95. The van der Waals surface area contributed by atoms with Crippen LogP contribution in [-0.4, -0.2) is 22.1 Å². The third-order valence-corrected chi connectivity index (χ3v) is 3.38. The van der Waals surface area contributed by atoms with Crippen molar-refractivity contribution in [3.05, 3.63) is 18.0 Å². The summed E-state index contributed by atoms with van der Waals surface area (Å²) in [6, 6.07) is 1.66. The van der Waals surface area contributed by atoms with E-state index in [-0.39, 0.29) is 18.4 Å². The summed E-state index contributed by atoms with van der Waals surface area (Å²) in [5.74, 6) is -1.30. The fourth-order valence-corrected chi connectivity index (χ4v) is 2.49. The highest BCUT2D eigenvalue weighted by molar-refractivity contribution is 5.85. The van der Waals surface area contributed by atoms with Gasteiger partial charge in [-0.3, -0.25) is 9.59 Å². The second-order valence-corrected chi connectivity index (χ2v) is 4.82. The van der Waals surface area contributed by atoms with Gasteiger partial charge in [-0.2, -0.15) is 0 Å². The lowest BCUT2D eigenvalue weighted by Crippen LogP contribution is -2.34. The molecule has 98 valence electrons. The van der Waals surface area contributed by atoms with E-state index in [2.05, 4.69) is 10.5 Å². The van der Waals surface area contributed by atoms with Crippen LogP contribution in [0.2, 0.25) is 0 Å². The molecule has 0 spiro atoms. The minimum absolute atomic E-state index is 0.219. The molecule has 2 rings (SSSR count). The molecule has 1 amide bonds. The smallest absolute Gasteiger partial charge is 0.307 e. The maximum Gasteiger partial charge on any atom is 0.307 e. The van der Waals surface area contributed by atoms with Gasteiger partial charge in [0.1, 0.15) is 0 Å². The van der Waals surface area contributed by atoms with E-state index in [9.17, 15) is 9.59 Å². The van der Waals surface area contributed by atoms with Crippen molar-refractivity contribution in [1.82, 2.24) is 10.5 Å². The molecular formula is C12H16N2O4. The van der Waals surface area contributed by atoms with Gasteiger partial charge in [0.25, 0.3) is 0 Å². The number of aliphatic carboxylic acids is 1. The van der Waals surface area contributed by atoms with Crippen LogP contribution in [0, 0.1) is 17.8 Å². The molecule has 0 aromatic carbocycles. The monoisotopic (exact) mass is 252 g/mol. The molecule has 1 fully saturated rings. The van der Waals surface area contributed by atoms with E-state index >= 15 is 0 Å². The topological polar surface area (TPSA) is 92.4 Å². The Hall–Kier alpha value is -1.85. The van der Waals surface area contributed by atoms with Gasteiger partial charge in [-0.15, -0.1) is 0 Å². The number of carboxylic acids is 1. The lowest BCUT2D eigenvalue weighted by Gasteiger charge is -2.14. The summed E-state index contributed by atoms with van der Waals surface area (Å²) in [6.07, 6.45) is 2.69. The molecule has 18 heavy (non-hydrogen) atoms. The van der Waals surface area contributed by atoms with Gasteiger partial charge in [0.2, 0.25) is 5.91 Å². The van der Waals surface area contributed by atoms with E-state index < -0.39 is 17.8 Å². The second kappa shape index (κ2) is 5.20. The first-order valence-electron chi connectivity index (χ1n) is 5.98. The van der Waals surface area contributed by atoms with Gasteiger partial charge in [0.15, 0.2) is 5.76 Å². The summed E-state index contributed by atoms with van der Waals surface area (Å²) in [5.41, 5.74) is 0. The molecule has 0 radical (unpaired) electrons. The van der Waals surface area contributed by atoms with Gasteiger partial charge < -0.3 is 14.9 Å². The molecule has 3 atom stereocenters. The Morgan fingerprint density at radius 2 is 2.22 bits per heavy atom. The van der Waals surface area contributed by atoms with Crippen molar-refractivity contribution < 1.29 is 19.2 Å². The Morgan fingerprint density at radius 1 is 1.50 bits per heavy atom. The first-order chi connectivity index (χ1) is 8.58. The number of carbonyl (C=O) groups is 2. The summed E-state index contributed by atoms with van der Waals surface area (Å²) < 4.78 is 4.86. The van der Waals surface area contributed by atoms with Crippen molar-refractivity contribution >= 4 is 11.9 Å². The number of nitrogens with zero attached hydrogens (tertiary/aromatic N) is 1. The number of nitrogens with one attached hydrogen (secondary N) is 1. The van der Waals surface area contributed by atoms with Crippen molar-refractivity contribution in [3.8, 4) is 0 Å². The minimum Gasteiger partial charge on any atom is -0.481 e. The molecule has 6 nitrogen and oxygen atoms in total. The standard InChI is InChI=1S/C12H16N2O4/c1-7-4-9(10(5-7)12(16)17)11(15)13-6-8-2-3-14-18-8/h2-3,7,9-10H,4-6H2,1H3,(H,13,15)(H,16,17).